The van der Waals surface area contributed by atoms with Crippen molar-refractivity contribution in [3.63, 3.8) is 0 Å². The largest absolute Gasteiger partial charge is 0.454 e. The van der Waals surface area contributed by atoms with E-state index >= 15 is 0 Å². The van der Waals surface area contributed by atoms with E-state index in [9.17, 15) is 4.79 Å². The van der Waals surface area contributed by atoms with Crippen LogP contribution < -0.4 is 20.5 Å². The van der Waals surface area contributed by atoms with Crippen molar-refractivity contribution in [2.24, 2.45) is 11.7 Å². The normalized spacial score (nSPS) is 14.4. The standard InChI is InChI=1S/C15H22N2O3/c1-10(2)5-12(8-16)17-15(18)7-11-3-4-13-14(6-11)20-9-19-13/h3-4,6,10,12H,5,7-9,16H2,1-2H3,(H,17,18). The lowest BCUT2D eigenvalue weighted by Crippen LogP contribution is -2.41. The van der Waals surface area contributed by atoms with Crippen LogP contribution in [0.15, 0.2) is 18.2 Å². The number of amides is 1. The first-order valence-electron chi connectivity index (χ1n) is 6.96. The molecule has 110 valence electrons. The summed E-state index contributed by atoms with van der Waals surface area (Å²) in [6.45, 7) is 4.94. The molecular weight excluding hydrogens is 256 g/mol. The van der Waals surface area contributed by atoms with Crippen molar-refractivity contribution in [1.29, 1.82) is 0 Å². The number of rotatable bonds is 6. The molecule has 0 saturated carbocycles. The molecule has 1 heterocycles. The minimum atomic E-state index is -0.0139. The zero-order valence-corrected chi connectivity index (χ0v) is 12.0. The lowest BCUT2D eigenvalue weighted by atomic mass is 10.0. The first kappa shape index (κ1) is 14.7. The van der Waals surface area contributed by atoms with Crippen LogP contribution in [-0.4, -0.2) is 25.3 Å². The second kappa shape index (κ2) is 6.61. The van der Waals surface area contributed by atoms with E-state index in [1.807, 2.05) is 18.2 Å². The average Bonchev–Trinajstić information content (AvgIpc) is 2.84. The SMILES string of the molecule is CC(C)CC(CN)NC(=O)Cc1ccc2c(c1)OCO2. The van der Waals surface area contributed by atoms with Crippen molar-refractivity contribution in [2.75, 3.05) is 13.3 Å². The number of nitrogens with two attached hydrogens (primary N) is 1. The van der Waals surface area contributed by atoms with Gasteiger partial charge in [-0.1, -0.05) is 19.9 Å². The number of ether oxygens (including phenoxy) is 2. The van der Waals surface area contributed by atoms with Gasteiger partial charge in [0.2, 0.25) is 12.7 Å². The molecule has 1 amide bonds. The van der Waals surface area contributed by atoms with Crippen LogP contribution in [0.2, 0.25) is 0 Å². The number of hydrogen-bond acceptors (Lipinski definition) is 4. The highest BCUT2D eigenvalue weighted by atomic mass is 16.7. The first-order valence-corrected chi connectivity index (χ1v) is 6.96. The highest BCUT2D eigenvalue weighted by Crippen LogP contribution is 2.32. The van der Waals surface area contributed by atoms with Crippen LogP contribution in [0.5, 0.6) is 11.5 Å². The Labute approximate surface area is 119 Å². The zero-order chi connectivity index (χ0) is 14.5. The maximum atomic E-state index is 12.0. The maximum absolute atomic E-state index is 12.0. The molecule has 0 saturated heterocycles. The summed E-state index contributed by atoms with van der Waals surface area (Å²) in [6.07, 6.45) is 1.22. The summed E-state index contributed by atoms with van der Waals surface area (Å²) in [5.41, 5.74) is 6.59. The fourth-order valence-corrected chi connectivity index (χ4v) is 2.30. The van der Waals surface area contributed by atoms with Gasteiger partial charge in [0.25, 0.3) is 0 Å². The van der Waals surface area contributed by atoms with Crippen LogP contribution in [0.25, 0.3) is 0 Å². The predicted molar refractivity (Wildman–Crippen MR) is 76.7 cm³/mol. The molecule has 1 aliphatic heterocycles. The molecule has 1 unspecified atom stereocenters. The Kier molecular flexibility index (Phi) is 4.84. The predicted octanol–water partition coefficient (Wildman–Crippen LogP) is 1.45. The highest BCUT2D eigenvalue weighted by Gasteiger charge is 2.16. The third-order valence-electron chi connectivity index (χ3n) is 3.21. The van der Waals surface area contributed by atoms with E-state index in [4.69, 9.17) is 15.2 Å². The van der Waals surface area contributed by atoms with Crippen LogP contribution in [0.1, 0.15) is 25.8 Å². The van der Waals surface area contributed by atoms with E-state index in [1.165, 1.54) is 0 Å². The molecule has 3 N–H and O–H groups in total. The molecule has 5 nitrogen and oxygen atoms in total. The van der Waals surface area contributed by atoms with Gasteiger partial charge in [0.1, 0.15) is 0 Å². The summed E-state index contributed by atoms with van der Waals surface area (Å²) < 4.78 is 10.5. The van der Waals surface area contributed by atoms with E-state index in [2.05, 4.69) is 19.2 Å². The van der Waals surface area contributed by atoms with Gasteiger partial charge in [-0.15, -0.1) is 0 Å². The van der Waals surface area contributed by atoms with Crippen molar-refractivity contribution in [3.8, 4) is 11.5 Å². The lowest BCUT2D eigenvalue weighted by Gasteiger charge is -2.18. The fourth-order valence-electron chi connectivity index (χ4n) is 2.30. The van der Waals surface area contributed by atoms with Gasteiger partial charge in [0, 0.05) is 12.6 Å². The minimum Gasteiger partial charge on any atom is -0.454 e. The molecule has 1 aromatic carbocycles. The van der Waals surface area contributed by atoms with Crippen molar-refractivity contribution < 1.29 is 14.3 Å². The van der Waals surface area contributed by atoms with Crippen molar-refractivity contribution in [3.05, 3.63) is 23.8 Å². The smallest absolute Gasteiger partial charge is 0.231 e. The summed E-state index contributed by atoms with van der Waals surface area (Å²) in [5, 5.41) is 2.98. The van der Waals surface area contributed by atoms with Crippen molar-refractivity contribution in [1.82, 2.24) is 5.32 Å². The Hall–Kier alpha value is -1.75. The fraction of sp³-hybridized carbons (Fsp3) is 0.533. The minimum absolute atomic E-state index is 0.0139. The number of hydrogen-bond donors (Lipinski definition) is 2. The third kappa shape index (κ3) is 3.87. The van der Waals surface area contributed by atoms with Gasteiger partial charge >= 0.3 is 0 Å². The van der Waals surface area contributed by atoms with E-state index in [0.717, 1.165) is 17.7 Å². The molecule has 0 radical (unpaired) electrons. The zero-order valence-electron chi connectivity index (χ0n) is 12.0. The van der Waals surface area contributed by atoms with Gasteiger partial charge in [-0.05, 0) is 30.0 Å². The van der Waals surface area contributed by atoms with Gasteiger partial charge in [0.15, 0.2) is 11.5 Å². The number of carbonyl (C=O) groups is 1. The van der Waals surface area contributed by atoms with E-state index in [0.29, 0.717) is 24.6 Å². The molecule has 1 aliphatic rings. The second-order valence-electron chi connectivity index (χ2n) is 5.49. The summed E-state index contributed by atoms with van der Waals surface area (Å²) >= 11 is 0. The number of benzene rings is 1. The number of fused-ring (bicyclic) bond motifs is 1. The van der Waals surface area contributed by atoms with E-state index in [1.54, 1.807) is 0 Å². The number of carbonyl (C=O) groups excluding carboxylic acids is 1. The van der Waals surface area contributed by atoms with E-state index in [-0.39, 0.29) is 18.7 Å². The summed E-state index contributed by atoms with van der Waals surface area (Å²) in [7, 11) is 0. The Morgan fingerprint density at radius 3 is 2.80 bits per heavy atom. The van der Waals surface area contributed by atoms with Crippen LogP contribution in [-0.2, 0) is 11.2 Å². The monoisotopic (exact) mass is 278 g/mol. The lowest BCUT2D eigenvalue weighted by molar-refractivity contribution is -0.121. The molecule has 5 heteroatoms. The van der Waals surface area contributed by atoms with Gasteiger partial charge < -0.3 is 20.5 Å². The molecule has 0 fully saturated rings. The molecule has 0 aromatic heterocycles. The topological polar surface area (TPSA) is 73.6 Å². The van der Waals surface area contributed by atoms with Gasteiger partial charge in [-0.25, -0.2) is 0 Å². The van der Waals surface area contributed by atoms with Crippen LogP contribution in [0.4, 0.5) is 0 Å². The summed E-state index contributed by atoms with van der Waals surface area (Å²) in [6, 6.07) is 5.60. The number of nitrogens with one attached hydrogen (secondary N) is 1. The van der Waals surface area contributed by atoms with Gasteiger partial charge in [0.05, 0.1) is 6.42 Å². The molecular formula is C15H22N2O3. The Morgan fingerprint density at radius 1 is 1.35 bits per heavy atom. The molecule has 0 aliphatic carbocycles. The van der Waals surface area contributed by atoms with Crippen LogP contribution in [0, 0.1) is 5.92 Å². The van der Waals surface area contributed by atoms with E-state index < -0.39 is 0 Å². The Morgan fingerprint density at radius 2 is 2.10 bits per heavy atom. The van der Waals surface area contributed by atoms with Gasteiger partial charge in [-0.3, -0.25) is 4.79 Å². The molecule has 0 bridgehead atoms. The summed E-state index contributed by atoms with van der Waals surface area (Å²) in [4.78, 5) is 12.0. The molecule has 0 spiro atoms. The quantitative estimate of drug-likeness (QED) is 0.826. The summed E-state index contributed by atoms with van der Waals surface area (Å²) in [5.74, 6) is 1.93. The van der Waals surface area contributed by atoms with Gasteiger partial charge in [-0.2, -0.15) is 0 Å². The van der Waals surface area contributed by atoms with Crippen LogP contribution >= 0.6 is 0 Å². The Balaban J connectivity index is 1.90. The average molecular weight is 278 g/mol. The van der Waals surface area contributed by atoms with Crippen molar-refractivity contribution in [2.45, 2.75) is 32.7 Å². The maximum Gasteiger partial charge on any atom is 0.231 e. The Bertz CT molecular complexity index is 474. The highest BCUT2D eigenvalue weighted by molar-refractivity contribution is 5.79. The molecule has 1 aromatic rings. The van der Waals surface area contributed by atoms with Crippen molar-refractivity contribution >= 4 is 5.91 Å². The molecule has 20 heavy (non-hydrogen) atoms. The van der Waals surface area contributed by atoms with Crippen LogP contribution in [0.3, 0.4) is 0 Å². The molecule has 2 rings (SSSR count). The molecule has 1 atom stereocenters. The second-order valence-corrected chi connectivity index (χ2v) is 5.49. The third-order valence-corrected chi connectivity index (χ3v) is 3.21. The first-order chi connectivity index (χ1) is 9.58.